The van der Waals surface area contributed by atoms with Gasteiger partial charge in [-0.25, -0.2) is 4.98 Å². The lowest BCUT2D eigenvalue weighted by Gasteiger charge is -2.10. The highest BCUT2D eigenvalue weighted by Crippen LogP contribution is 2.31. The highest BCUT2D eigenvalue weighted by molar-refractivity contribution is 9.10. The molecule has 19 heavy (non-hydrogen) atoms. The van der Waals surface area contributed by atoms with Gasteiger partial charge in [0.15, 0.2) is 0 Å². The van der Waals surface area contributed by atoms with Gasteiger partial charge in [-0.1, -0.05) is 30.3 Å². The fraction of sp³-hybridized carbons (Fsp3) is 0.0625. The Morgan fingerprint density at radius 2 is 1.74 bits per heavy atom. The molecule has 3 rings (SSSR count). The van der Waals surface area contributed by atoms with Gasteiger partial charge in [0, 0.05) is 10.9 Å². The summed E-state index contributed by atoms with van der Waals surface area (Å²) in [5.41, 5.74) is 1.96. The van der Waals surface area contributed by atoms with E-state index < -0.39 is 0 Å². The van der Waals surface area contributed by atoms with Crippen LogP contribution in [0.1, 0.15) is 5.56 Å². The van der Waals surface area contributed by atoms with E-state index in [1.165, 1.54) is 0 Å². The average Bonchev–Trinajstić information content (AvgIpc) is 2.42. The highest BCUT2D eigenvalue weighted by Gasteiger charge is 2.07. The van der Waals surface area contributed by atoms with Crippen LogP contribution in [0.15, 0.2) is 59.1 Å². The Kier molecular flexibility index (Phi) is 3.22. The third kappa shape index (κ3) is 2.47. The van der Waals surface area contributed by atoms with Crippen molar-refractivity contribution in [3.63, 3.8) is 0 Å². The molecule has 94 valence electrons. The van der Waals surface area contributed by atoms with Crippen LogP contribution in [0.3, 0.4) is 0 Å². The van der Waals surface area contributed by atoms with E-state index in [-0.39, 0.29) is 0 Å². The summed E-state index contributed by atoms with van der Waals surface area (Å²) in [6.07, 6.45) is 0. The molecule has 3 aromatic rings. The second kappa shape index (κ2) is 5.02. The SMILES string of the molecule is Cc1cc2ccccc2nc1Oc1ccccc1Br. The van der Waals surface area contributed by atoms with Crippen LogP contribution >= 0.6 is 15.9 Å². The largest absolute Gasteiger partial charge is 0.438 e. The number of rotatable bonds is 2. The van der Waals surface area contributed by atoms with Gasteiger partial charge in [-0.3, -0.25) is 0 Å². The maximum Gasteiger partial charge on any atom is 0.222 e. The van der Waals surface area contributed by atoms with E-state index in [0.717, 1.165) is 26.7 Å². The lowest BCUT2D eigenvalue weighted by molar-refractivity contribution is 0.458. The molecule has 2 aromatic carbocycles. The van der Waals surface area contributed by atoms with Crippen LogP contribution in [0.4, 0.5) is 0 Å². The number of hydrogen-bond acceptors (Lipinski definition) is 2. The Balaban J connectivity index is 2.06. The molecule has 0 unspecified atom stereocenters. The second-order valence-electron chi connectivity index (χ2n) is 4.34. The van der Waals surface area contributed by atoms with Crippen molar-refractivity contribution in [1.29, 1.82) is 0 Å². The predicted octanol–water partition coefficient (Wildman–Crippen LogP) is 5.10. The van der Waals surface area contributed by atoms with Crippen molar-refractivity contribution < 1.29 is 4.74 Å². The van der Waals surface area contributed by atoms with Gasteiger partial charge in [-0.05, 0) is 47.1 Å². The summed E-state index contributed by atoms with van der Waals surface area (Å²) in [5, 5.41) is 1.12. The monoisotopic (exact) mass is 313 g/mol. The summed E-state index contributed by atoms with van der Waals surface area (Å²) in [6.45, 7) is 2.01. The lowest BCUT2D eigenvalue weighted by Crippen LogP contribution is -1.92. The highest BCUT2D eigenvalue weighted by atomic mass is 79.9. The van der Waals surface area contributed by atoms with Gasteiger partial charge in [0.25, 0.3) is 0 Å². The third-order valence-corrected chi connectivity index (χ3v) is 3.57. The standard InChI is InChI=1S/C16H12BrNO/c1-11-10-12-6-2-4-8-14(12)18-16(11)19-15-9-5-3-7-13(15)17/h2-10H,1H3. The first-order chi connectivity index (χ1) is 9.24. The van der Waals surface area contributed by atoms with Crippen LogP contribution < -0.4 is 4.74 Å². The van der Waals surface area contributed by atoms with E-state index in [9.17, 15) is 0 Å². The molecule has 0 fully saturated rings. The molecular weight excluding hydrogens is 302 g/mol. The van der Waals surface area contributed by atoms with Crippen molar-refractivity contribution in [2.75, 3.05) is 0 Å². The van der Waals surface area contributed by atoms with Gasteiger partial charge in [-0.2, -0.15) is 0 Å². The number of nitrogens with zero attached hydrogens (tertiary/aromatic N) is 1. The number of pyridine rings is 1. The Morgan fingerprint density at radius 3 is 2.58 bits per heavy atom. The molecule has 0 radical (unpaired) electrons. The van der Waals surface area contributed by atoms with E-state index >= 15 is 0 Å². The van der Waals surface area contributed by atoms with Gasteiger partial charge >= 0.3 is 0 Å². The first kappa shape index (κ1) is 12.2. The molecule has 0 spiro atoms. The minimum atomic E-state index is 0.644. The zero-order chi connectivity index (χ0) is 13.2. The molecule has 0 aliphatic rings. The molecule has 0 bridgehead atoms. The van der Waals surface area contributed by atoms with Crippen LogP contribution in [0.2, 0.25) is 0 Å². The second-order valence-corrected chi connectivity index (χ2v) is 5.19. The predicted molar refractivity (Wildman–Crippen MR) is 80.7 cm³/mol. The molecule has 2 nitrogen and oxygen atoms in total. The van der Waals surface area contributed by atoms with Crippen molar-refractivity contribution in [3.05, 3.63) is 64.6 Å². The molecule has 0 amide bonds. The molecule has 1 aromatic heterocycles. The van der Waals surface area contributed by atoms with Crippen molar-refractivity contribution in [2.45, 2.75) is 6.92 Å². The quantitative estimate of drug-likeness (QED) is 0.656. The topological polar surface area (TPSA) is 22.1 Å². The fourth-order valence-electron chi connectivity index (χ4n) is 1.94. The Hall–Kier alpha value is -1.87. The number of fused-ring (bicyclic) bond motifs is 1. The molecular formula is C16H12BrNO. The first-order valence-corrected chi connectivity index (χ1v) is 6.82. The minimum Gasteiger partial charge on any atom is -0.438 e. The maximum absolute atomic E-state index is 5.89. The van der Waals surface area contributed by atoms with E-state index in [0.29, 0.717) is 5.88 Å². The summed E-state index contributed by atoms with van der Waals surface area (Å²) in [7, 11) is 0. The molecule has 3 heteroatoms. The Morgan fingerprint density at radius 1 is 1.00 bits per heavy atom. The molecule has 0 aliphatic heterocycles. The molecule has 1 heterocycles. The normalized spacial score (nSPS) is 10.6. The Bertz CT molecular complexity index is 740. The summed E-state index contributed by atoms with van der Waals surface area (Å²) in [6, 6.07) is 17.9. The van der Waals surface area contributed by atoms with E-state index in [2.05, 4.69) is 33.0 Å². The van der Waals surface area contributed by atoms with E-state index in [4.69, 9.17) is 4.74 Å². The zero-order valence-electron chi connectivity index (χ0n) is 10.4. The number of aromatic nitrogens is 1. The number of hydrogen-bond donors (Lipinski definition) is 0. The van der Waals surface area contributed by atoms with Crippen LogP contribution in [-0.2, 0) is 0 Å². The Labute approximate surface area is 120 Å². The first-order valence-electron chi connectivity index (χ1n) is 6.03. The summed E-state index contributed by atoms with van der Waals surface area (Å²) < 4.78 is 6.81. The molecule has 0 N–H and O–H groups in total. The summed E-state index contributed by atoms with van der Waals surface area (Å²) >= 11 is 3.48. The molecule has 0 aliphatic carbocycles. The average molecular weight is 314 g/mol. The van der Waals surface area contributed by atoms with Crippen molar-refractivity contribution in [2.24, 2.45) is 0 Å². The van der Waals surface area contributed by atoms with Gasteiger partial charge in [0.2, 0.25) is 5.88 Å². The van der Waals surface area contributed by atoms with Crippen LogP contribution in [0.25, 0.3) is 10.9 Å². The van der Waals surface area contributed by atoms with Gasteiger partial charge in [0.05, 0.1) is 9.99 Å². The molecule has 0 saturated heterocycles. The molecule has 0 saturated carbocycles. The minimum absolute atomic E-state index is 0.644. The third-order valence-electron chi connectivity index (χ3n) is 2.91. The number of para-hydroxylation sites is 2. The maximum atomic E-state index is 5.89. The van der Waals surface area contributed by atoms with Crippen LogP contribution in [-0.4, -0.2) is 4.98 Å². The molecule has 0 atom stereocenters. The van der Waals surface area contributed by atoms with Crippen molar-refractivity contribution in [3.8, 4) is 11.6 Å². The van der Waals surface area contributed by atoms with Crippen LogP contribution in [0, 0.1) is 6.92 Å². The zero-order valence-corrected chi connectivity index (χ0v) is 12.0. The van der Waals surface area contributed by atoms with Gasteiger partial charge < -0.3 is 4.74 Å². The van der Waals surface area contributed by atoms with E-state index in [1.807, 2.05) is 49.4 Å². The number of ether oxygens (including phenoxy) is 1. The number of benzene rings is 2. The number of aryl methyl sites for hydroxylation is 1. The van der Waals surface area contributed by atoms with Gasteiger partial charge in [-0.15, -0.1) is 0 Å². The lowest BCUT2D eigenvalue weighted by atomic mass is 10.2. The number of halogens is 1. The van der Waals surface area contributed by atoms with Crippen molar-refractivity contribution in [1.82, 2.24) is 4.98 Å². The van der Waals surface area contributed by atoms with Gasteiger partial charge in [0.1, 0.15) is 5.75 Å². The van der Waals surface area contributed by atoms with E-state index in [1.54, 1.807) is 0 Å². The smallest absolute Gasteiger partial charge is 0.222 e. The summed E-state index contributed by atoms with van der Waals surface area (Å²) in [5.74, 6) is 1.42. The summed E-state index contributed by atoms with van der Waals surface area (Å²) in [4.78, 5) is 4.57. The van der Waals surface area contributed by atoms with Crippen LogP contribution in [0.5, 0.6) is 11.6 Å². The fourth-order valence-corrected chi connectivity index (χ4v) is 2.30. The van der Waals surface area contributed by atoms with Crippen molar-refractivity contribution >= 4 is 26.8 Å².